The van der Waals surface area contributed by atoms with Gasteiger partial charge in [-0.25, -0.2) is 4.39 Å². The van der Waals surface area contributed by atoms with E-state index in [-0.39, 0.29) is 12.4 Å². The van der Waals surface area contributed by atoms with Crippen LogP contribution in [0.25, 0.3) is 10.4 Å². The van der Waals surface area contributed by atoms with Gasteiger partial charge in [-0.15, -0.1) is 11.3 Å². The highest BCUT2D eigenvalue weighted by Gasteiger charge is 2.16. The van der Waals surface area contributed by atoms with E-state index in [0.29, 0.717) is 24.3 Å². The maximum atomic E-state index is 13.1. The minimum atomic E-state index is -0.219. The first kappa shape index (κ1) is 17.7. The Balaban J connectivity index is 1.71. The zero-order chi connectivity index (χ0) is 17.8. The van der Waals surface area contributed by atoms with Crippen molar-refractivity contribution in [1.82, 2.24) is 15.0 Å². The number of halogens is 1. The topological polar surface area (TPSA) is 68.2 Å². The predicted octanol–water partition coefficient (Wildman–Crippen LogP) is 3.81. The fourth-order valence-electron chi connectivity index (χ4n) is 2.47. The van der Waals surface area contributed by atoms with Crippen LogP contribution in [0.4, 0.5) is 4.39 Å². The summed E-state index contributed by atoms with van der Waals surface area (Å²) < 4.78 is 18.1. The number of hydrogen-bond donors (Lipinski definition) is 1. The third-order valence-corrected chi connectivity index (χ3v) is 5.03. The molecule has 25 heavy (non-hydrogen) atoms. The molecule has 0 aliphatic carbocycles. The molecule has 0 aliphatic rings. The summed E-state index contributed by atoms with van der Waals surface area (Å²) in [5.41, 5.74) is 6.54. The van der Waals surface area contributed by atoms with Crippen LogP contribution in [0.5, 0.6) is 0 Å². The summed E-state index contributed by atoms with van der Waals surface area (Å²) in [4.78, 5) is 8.91. The molecule has 0 unspecified atom stereocenters. The van der Waals surface area contributed by atoms with Crippen LogP contribution in [-0.4, -0.2) is 21.1 Å². The van der Waals surface area contributed by atoms with Crippen LogP contribution >= 0.6 is 11.3 Å². The van der Waals surface area contributed by atoms with Crippen molar-refractivity contribution in [2.24, 2.45) is 5.73 Å². The van der Waals surface area contributed by atoms with E-state index in [1.54, 1.807) is 23.5 Å². The average molecular weight is 360 g/mol. The summed E-state index contributed by atoms with van der Waals surface area (Å²) in [6.45, 7) is 5.92. The molecule has 0 atom stereocenters. The molecule has 3 rings (SSSR count). The van der Waals surface area contributed by atoms with E-state index in [0.717, 1.165) is 17.0 Å². The smallest absolute Gasteiger partial charge is 0.240 e. The van der Waals surface area contributed by atoms with E-state index in [1.807, 2.05) is 0 Å². The van der Waals surface area contributed by atoms with Crippen molar-refractivity contribution in [3.8, 4) is 10.4 Å². The largest absolute Gasteiger partial charge is 0.338 e. The Morgan fingerprint density at radius 2 is 1.92 bits per heavy atom. The molecular weight excluding hydrogens is 339 g/mol. The Morgan fingerprint density at radius 3 is 2.56 bits per heavy atom. The van der Waals surface area contributed by atoms with E-state index in [9.17, 15) is 4.39 Å². The molecule has 0 saturated carbocycles. The SMILES string of the molecule is CC(C)N(Cc1noc(CN)n1)Cc1ccc(-c2ccc(F)cc2)s1. The van der Waals surface area contributed by atoms with Gasteiger partial charge in [0, 0.05) is 22.3 Å². The molecule has 132 valence electrons. The Hall–Kier alpha value is -2.09. The number of hydrogen-bond acceptors (Lipinski definition) is 6. The summed E-state index contributed by atoms with van der Waals surface area (Å²) in [6, 6.07) is 11.1. The second-order valence-corrected chi connectivity index (χ2v) is 7.25. The lowest BCUT2D eigenvalue weighted by molar-refractivity contribution is 0.197. The maximum absolute atomic E-state index is 13.1. The molecule has 0 fully saturated rings. The van der Waals surface area contributed by atoms with Gasteiger partial charge in [0.05, 0.1) is 13.1 Å². The van der Waals surface area contributed by atoms with Crippen molar-refractivity contribution < 1.29 is 8.91 Å². The van der Waals surface area contributed by atoms with Gasteiger partial charge in [0.1, 0.15) is 5.82 Å². The highest BCUT2D eigenvalue weighted by atomic mass is 32.1. The van der Waals surface area contributed by atoms with E-state index >= 15 is 0 Å². The van der Waals surface area contributed by atoms with Crippen LogP contribution in [0.2, 0.25) is 0 Å². The van der Waals surface area contributed by atoms with Crippen LogP contribution in [0.3, 0.4) is 0 Å². The lowest BCUT2D eigenvalue weighted by Gasteiger charge is -2.24. The standard InChI is InChI=1S/C18H21FN4OS/c1-12(2)23(11-17-21-18(9-20)24-22-17)10-15-7-8-16(25-15)13-3-5-14(19)6-4-13/h3-8,12H,9-11,20H2,1-2H3. The number of thiophene rings is 1. The molecule has 1 aromatic carbocycles. The van der Waals surface area contributed by atoms with Crippen molar-refractivity contribution in [1.29, 1.82) is 0 Å². The van der Waals surface area contributed by atoms with E-state index in [1.165, 1.54) is 17.0 Å². The maximum Gasteiger partial charge on any atom is 0.240 e. The second-order valence-electron chi connectivity index (χ2n) is 6.08. The van der Waals surface area contributed by atoms with E-state index < -0.39 is 0 Å². The Morgan fingerprint density at radius 1 is 1.16 bits per heavy atom. The van der Waals surface area contributed by atoms with Crippen LogP contribution in [0.15, 0.2) is 40.9 Å². The molecule has 0 bridgehead atoms. The molecule has 0 aliphatic heterocycles. The molecule has 0 saturated heterocycles. The first-order valence-corrected chi connectivity index (χ1v) is 8.97. The van der Waals surface area contributed by atoms with Crippen molar-refractivity contribution >= 4 is 11.3 Å². The normalized spacial score (nSPS) is 11.6. The van der Waals surface area contributed by atoms with Crippen LogP contribution in [0, 0.1) is 5.82 Å². The van der Waals surface area contributed by atoms with Gasteiger partial charge in [-0.3, -0.25) is 4.90 Å². The molecular formula is C18H21FN4OS. The number of rotatable bonds is 7. The Kier molecular flexibility index (Phi) is 5.57. The monoisotopic (exact) mass is 360 g/mol. The number of nitrogens with two attached hydrogens (primary N) is 1. The van der Waals surface area contributed by atoms with E-state index in [4.69, 9.17) is 10.3 Å². The van der Waals surface area contributed by atoms with Crippen molar-refractivity contribution in [3.63, 3.8) is 0 Å². The van der Waals surface area contributed by atoms with Gasteiger partial charge in [0.25, 0.3) is 0 Å². The number of aromatic nitrogens is 2. The van der Waals surface area contributed by atoms with Gasteiger partial charge < -0.3 is 10.3 Å². The van der Waals surface area contributed by atoms with Crippen molar-refractivity contribution in [3.05, 3.63) is 58.8 Å². The highest BCUT2D eigenvalue weighted by molar-refractivity contribution is 7.15. The lowest BCUT2D eigenvalue weighted by atomic mass is 10.2. The van der Waals surface area contributed by atoms with Crippen molar-refractivity contribution in [2.75, 3.05) is 0 Å². The molecule has 2 N–H and O–H groups in total. The zero-order valence-electron chi connectivity index (χ0n) is 14.3. The summed E-state index contributed by atoms with van der Waals surface area (Å²) in [6.07, 6.45) is 0. The number of nitrogens with zero attached hydrogens (tertiary/aromatic N) is 3. The molecule has 0 amide bonds. The molecule has 3 aromatic rings. The first-order valence-electron chi connectivity index (χ1n) is 8.15. The lowest BCUT2D eigenvalue weighted by Crippen LogP contribution is -2.30. The fourth-order valence-corrected chi connectivity index (χ4v) is 3.51. The van der Waals surface area contributed by atoms with Gasteiger partial charge in [0.2, 0.25) is 5.89 Å². The van der Waals surface area contributed by atoms with Crippen LogP contribution in [-0.2, 0) is 19.6 Å². The summed E-state index contributed by atoms with van der Waals surface area (Å²) in [5, 5.41) is 3.97. The molecule has 5 nitrogen and oxygen atoms in total. The quantitative estimate of drug-likeness (QED) is 0.694. The third kappa shape index (κ3) is 4.50. The summed E-state index contributed by atoms with van der Waals surface area (Å²) in [5.74, 6) is 0.876. The first-order chi connectivity index (χ1) is 12.0. The van der Waals surface area contributed by atoms with E-state index in [2.05, 4.69) is 41.0 Å². The third-order valence-electron chi connectivity index (χ3n) is 3.91. The van der Waals surface area contributed by atoms with Crippen molar-refractivity contribution in [2.45, 2.75) is 39.5 Å². The summed E-state index contributed by atoms with van der Waals surface area (Å²) in [7, 11) is 0. The second kappa shape index (κ2) is 7.86. The van der Waals surface area contributed by atoms with Gasteiger partial charge >= 0.3 is 0 Å². The van der Waals surface area contributed by atoms with Gasteiger partial charge in [0.15, 0.2) is 5.82 Å². The van der Waals surface area contributed by atoms with Gasteiger partial charge in [-0.1, -0.05) is 17.3 Å². The predicted molar refractivity (Wildman–Crippen MR) is 96.3 cm³/mol. The van der Waals surface area contributed by atoms with Crippen LogP contribution in [0.1, 0.15) is 30.4 Å². The fraction of sp³-hybridized carbons (Fsp3) is 0.333. The molecule has 0 radical (unpaired) electrons. The van der Waals surface area contributed by atoms with Gasteiger partial charge in [-0.05, 0) is 43.7 Å². The molecule has 2 heterocycles. The minimum Gasteiger partial charge on any atom is -0.338 e. The van der Waals surface area contributed by atoms with Gasteiger partial charge in [-0.2, -0.15) is 4.98 Å². The number of benzene rings is 1. The molecule has 2 aromatic heterocycles. The molecule has 7 heteroatoms. The van der Waals surface area contributed by atoms with Crippen LogP contribution < -0.4 is 5.73 Å². The Bertz CT molecular complexity index is 813. The average Bonchev–Trinajstić information content (AvgIpc) is 3.24. The summed E-state index contributed by atoms with van der Waals surface area (Å²) >= 11 is 1.71. The highest BCUT2D eigenvalue weighted by Crippen LogP contribution is 2.29. The Labute approximate surface area is 150 Å². The zero-order valence-corrected chi connectivity index (χ0v) is 15.1. The molecule has 0 spiro atoms. The minimum absolute atomic E-state index is 0.219.